The van der Waals surface area contributed by atoms with Crippen LogP contribution >= 0.6 is 0 Å². The maximum absolute atomic E-state index is 5.91. The van der Waals surface area contributed by atoms with Gasteiger partial charge in [-0.1, -0.05) is 39.0 Å². The largest absolute Gasteiger partial charge is 0.377 e. The van der Waals surface area contributed by atoms with Crippen molar-refractivity contribution < 1.29 is 4.74 Å². The van der Waals surface area contributed by atoms with Gasteiger partial charge in [0.15, 0.2) is 5.96 Å². The van der Waals surface area contributed by atoms with Gasteiger partial charge in [-0.25, -0.2) is 0 Å². The Bertz CT molecular complexity index is 269. The van der Waals surface area contributed by atoms with Gasteiger partial charge in [0, 0.05) is 19.7 Å². The molecule has 1 unspecified atom stereocenters. The lowest BCUT2D eigenvalue weighted by Gasteiger charge is -2.18. The minimum atomic E-state index is 0.154. The van der Waals surface area contributed by atoms with Crippen molar-refractivity contribution in [1.29, 1.82) is 0 Å². The summed E-state index contributed by atoms with van der Waals surface area (Å²) in [7, 11) is 4.14. The molecule has 0 saturated heterocycles. The lowest BCUT2D eigenvalue weighted by Crippen LogP contribution is -2.34. The van der Waals surface area contributed by atoms with E-state index in [9.17, 15) is 0 Å². The van der Waals surface area contributed by atoms with E-state index in [4.69, 9.17) is 10.5 Å². The van der Waals surface area contributed by atoms with E-state index in [2.05, 4.69) is 36.2 Å². The fourth-order valence-electron chi connectivity index (χ4n) is 2.24. The average molecular weight is 315 g/mol. The third kappa shape index (κ3) is 14.1. The minimum absolute atomic E-state index is 0.154. The summed E-state index contributed by atoms with van der Waals surface area (Å²) in [6, 6.07) is 0. The molecule has 0 aromatic heterocycles. The zero-order valence-corrected chi connectivity index (χ0v) is 15.2. The highest BCUT2D eigenvalue weighted by atomic mass is 16.5. The predicted molar refractivity (Wildman–Crippen MR) is 96.5 cm³/mol. The Morgan fingerprint density at radius 2 is 1.82 bits per heavy atom. The van der Waals surface area contributed by atoms with E-state index >= 15 is 0 Å². The van der Waals surface area contributed by atoms with Crippen LogP contribution < -0.4 is 11.1 Å². The van der Waals surface area contributed by atoms with Crippen molar-refractivity contribution in [3.05, 3.63) is 0 Å². The van der Waals surface area contributed by atoms with Crippen LogP contribution in [-0.2, 0) is 4.74 Å². The van der Waals surface area contributed by atoms with Crippen molar-refractivity contribution in [1.82, 2.24) is 10.2 Å². The van der Waals surface area contributed by atoms with Gasteiger partial charge in [-0.15, -0.1) is 0 Å². The first-order chi connectivity index (χ1) is 10.6. The fourth-order valence-corrected chi connectivity index (χ4v) is 2.24. The Balaban J connectivity index is 3.77. The number of nitrogens with one attached hydrogen (secondary N) is 1. The van der Waals surface area contributed by atoms with Gasteiger partial charge in [0.25, 0.3) is 0 Å². The number of nitrogens with two attached hydrogens (primary N) is 1. The second-order valence-electron chi connectivity index (χ2n) is 6.09. The zero-order valence-electron chi connectivity index (χ0n) is 15.2. The Morgan fingerprint density at radius 3 is 2.45 bits per heavy atom. The van der Waals surface area contributed by atoms with Crippen LogP contribution in [0.2, 0.25) is 0 Å². The number of hydrogen-bond acceptors (Lipinski definition) is 3. The first-order valence-corrected chi connectivity index (χ1v) is 8.90. The van der Waals surface area contributed by atoms with Gasteiger partial charge in [0.2, 0.25) is 0 Å². The van der Waals surface area contributed by atoms with Gasteiger partial charge in [0.05, 0.1) is 12.6 Å². The molecule has 0 saturated carbocycles. The number of aliphatic imine (C=N–C) groups is 1. The van der Waals surface area contributed by atoms with Crippen LogP contribution in [0.25, 0.3) is 0 Å². The highest BCUT2D eigenvalue weighted by Gasteiger charge is 2.08. The van der Waals surface area contributed by atoms with Crippen molar-refractivity contribution >= 4 is 5.96 Å². The van der Waals surface area contributed by atoms with E-state index in [1.165, 1.54) is 32.1 Å². The quantitative estimate of drug-likeness (QED) is 0.294. The smallest absolute Gasteiger partial charge is 0.188 e. The maximum Gasteiger partial charge on any atom is 0.188 e. The molecule has 0 heterocycles. The van der Waals surface area contributed by atoms with Gasteiger partial charge < -0.3 is 20.7 Å². The fraction of sp³-hybridized carbons (Fsp3) is 0.941. The molecule has 1 atom stereocenters. The summed E-state index contributed by atoms with van der Waals surface area (Å²) >= 11 is 0. The standard InChI is InChI=1S/C17H38N4O/c1-5-7-8-9-10-11-13-19-17(18)20-15-16(22-6-2)12-14-21(3)4/h16H,5-15H2,1-4H3,(H3,18,19,20). The van der Waals surface area contributed by atoms with Crippen LogP contribution in [-0.4, -0.2) is 57.3 Å². The molecule has 132 valence electrons. The Morgan fingerprint density at radius 1 is 1.14 bits per heavy atom. The third-order valence-electron chi connectivity index (χ3n) is 3.60. The van der Waals surface area contributed by atoms with Crippen LogP contribution in [0, 0.1) is 0 Å². The van der Waals surface area contributed by atoms with Crippen molar-refractivity contribution in [2.45, 2.75) is 64.9 Å². The third-order valence-corrected chi connectivity index (χ3v) is 3.60. The molecule has 0 spiro atoms. The lowest BCUT2D eigenvalue weighted by molar-refractivity contribution is 0.0582. The molecule has 5 nitrogen and oxygen atoms in total. The first-order valence-electron chi connectivity index (χ1n) is 8.90. The van der Waals surface area contributed by atoms with Crippen molar-refractivity contribution in [3.8, 4) is 0 Å². The SMILES string of the molecule is CCCCCCCCNC(N)=NCC(CCN(C)C)OCC. The Labute approximate surface area is 137 Å². The van der Waals surface area contributed by atoms with Crippen LogP contribution in [0.4, 0.5) is 0 Å². The molecule has 0 rings (SSSR count). The number of nitrogens with zero attached hydrogens (tertiary/aromatic N) is 2. The normalized spacial score (nSPS) is 13.6. The molecule has 3 N–H and O–H groups in total. The van der Waals surface area contributed by atoms with Gasteiger partial charge in [0.1, 0.15) is 0 Å². The lowest BCUT2D eigenvalue weighted by atomic mass is 10.1. The summed E-state index contributed by atoms with van der Waals surface area (Å²) in [5.41, 5.74) is 5.91. The molecule has 22 heavy (non-hydrogen) atoms. The predicted octanol–water partition coefficient (Wildman–Crippen LogP) is 2.61. The minimum Gasteiger partial charge on any atom is -0.377 e. The van der Waals surface area contributed by atoms with Crippen LogP contribution in [0.3, 0.4) is 0 Å². The monoisotopic (exact) mass is 314 g/mol. The summed E-state index contributed by atoms with van der Waals surface area (Å²) in [5, 5.41) is 3.20. The van der Waals surface area contributed by atoms with Crippen LogP contribution in [0.15, 0.2) is 4.99 Å². The summed E-state index contributed by atoms with van der Waals surface area (Å²) in [4.78, 5) is 6.57. The summed E-state index contributed by atoms with van der Waals surface area (Å²) < 4.78 is 5.71. The highest BCUT2D eigenvalue weighted by molar-refractivity contribution is 5.77. The molecule has 0 amide bonds. The molecule has 0 aromatic carbocycles. The highest BCUT2D eigenvalue weighted by Crippen LogP contribution is 2.04. The van der Waals surface area contributed by atoms with Crippen molar-refractivity contribution in [2.24, 2.45) is 10.7 Å². The number of rotatable bonds is 14. The van der Waals surface area contributed by atoms with Gasteiger partial charge in [-0.2, -0.15) is 0 Å². The second kappa shape index (κ2) is 15.1. The number of unbranched alkanes of at least 4 members (excludes halogenated alkanes) is 5. The molecular weight excluding hydrogens is 276 g/mol. The van der Waals surface area contributed by atoms with Gasteiger partial charge in [-0.3, -0.25) is 4.99 Å². The Kier molecular flexibility index (Phi) is 14.5. The second-order valence-corrected chi connectivity index (χ2v) is 6.09. The number of hydrogen-bond donors (Lipinski definition) is 2. The topological polar surface area (TPSA) is 62.9 Å². The molecule has 0 aliphatic rings. The van der Waals surface area contributed by atoms with Crippen molar-refractivity contribution in [2.75, 3.05) is 40.3 Å². The van der Waals surface area contributed by atoms with Crippen LogP contribution in [0.5, 0.6) is 0 Å². The summed E-state index contributed by atoms with van der Waals surface area (Å²) in [5.74, 6) is 0.545. The summed E-state index contributed by atoms with van der Waals surface area (Å²) in [6.07, 6.45) is 8.89. The molecule has 0 bridgehead atoms. The molecule has 0 aromatic rings. The molecule has 0 fully saturated rings. The first kappa shape index (κ1) is 21.2. The summed E-state index contributed by atoms with van der Waals surface area (Å²) in [6.45, 7) is 7.54. The van der Waals surface area contributed by atoms with Crippen LogP contribution in [0.1, 0.15) is 58.8 Å². The zero-order chi connectivity index (χ0) is 16.6. The average Bonchev–Trinajstić information content (AvgIpc) is 2.49. The number of guanidine groups is 1. The van der Waals surface area contributed by atoms with Gasteiger partial charge >= 0.3 is 0 Å². The van der Waals surface area contributed by atoms with E-state index in [-0.39, 0.29) is 6.10 Å². The maximum atomic E-state index is 5.91. The molecule has 0 radical (unpaired) electrons. The van der Waals surface area contributed by atoms with E-state index in [1.807, 2.05) is 6.92 Å². The molecule has 0 aliphatic carbocycles. The Hall–Kier alpha value is -0.810. The number of ether oxygens (including phenoxy) is 1. The van der Waals surface area contributed by atoms with E-state index in [1.54, 1.807) is 0 Å². The molecule has 5 heteroatoms. The van der Waals surface area contributed by atoms with Crippen molar-refractivity contribution in [3.63, 3.8) is 0 Å². The molecular formula is C17H38N4O. The van der Waals surface area contributed by atoms with E-state index in [0.717, 1.165) is 32.5 Å². The van der Waals surface area contributed by atoms with Gasteiger partial charge in [-0.05, 0) is 33.9 Å². The molecule has 0 aliphatic heterocycles. The van der Waals surface area contributed by atoms with E-state index < -0.39 is 0 Å². The van der Waals surface area contributed by atoms with E-state index in [0.29, 0.717) is 12.5 Å².